The van der Waals surface area contributed by atoms with Gasteiger partial charge in [0.1, 0.15) is 5.75 Å². The molecule has 2 fully saturated rings. The summed E-state index contributed by atoms with van der Waals surface area (Å²) in [6, 6.07) is 11.1. The van der Waals surface area contributed by atoms with Gasteiger partial charge in [-0.15, -0.1) is 0 Å². The molecular formula is C21H23ClN2O3. The van der Waals surface area contributed by atoms with Crippen molar-refractivity contribution in [1.82, 2.24) is 9.80 Å². The van der Waals surface area contributed by atoms with Crippen LogP contribution in [-0.2, 0) is 4.79 Å². The number of fused-ring (bicyclic) bond motifs is 1. The number of piperidine rings is 1. The van der Waals surface area contributed by atoms with Crippen LogP contribution in [0.25, 0.3) is 10.8 Å². The van der Waals surface area contributed by atoms with E-state index in [0.29, 0.717) is 23.9 Å². The van der Waals surface area contributed by atoms with Crippen molar-refractivity contribution in [1.29, 1.82) is 0 Å². The standard InChI is InChI=1S/C21H23ClN2O3/c22-18-9-10-19(17-8-2-1-7-16(17)18)27-20(25)15-6-5-13-24(14-15)21(26)23-11-3-4-12-23/h1-2,7-10,15H,3-6,11-14H2. The number of hydrogen-bond donors (Lipinski definition) is 0. The van der Waals surface area contributed by atoms with Crippen molar-refractivity contribution < 1.29 is 14.3 Å². The Morgan fingerprint density at radius 2 is 1.63 bits per heavy atom. The number of amides is 2. The van der Waals surface area contributed by atoms with Crippen molar-refractivity contribution in [3.63, 3.8) is 0 Å². The Kier molecular flexibility index (Phi) is 5.21. The normalized spacial score (nSPS) is 20.1. The Hall–Kier alpha value is -2.27. The van der Waals surface area contributed by atoms with Crippen LogP contribution in [0.3, 0.4) is 0 Å². The van der Waals surface area contributed by atoms with E-state index in [9.17, 15) is 9.59 Å². The fourth-order valence-electron chi connectivity index (χ4n) is 3.97. The number of urea groups is 1. The van der Waals surface area contributed by atoms with E-state index in [-0.39, 0.29) is 17.9 Å². The third kappa shape index (κ3) is 3.74. The highest BCUT2D eigenvalue weighted by atomic mass is 35.5. The van der Waals surface area contributed by atoms with Crippen molar-refractivity contribution in [2.75, 3.05) is 26.2 Å². The third-order valence-electron chi connectivity index (χ3n) is 5.44. The van der Waals surface area contributed by atoms with Gasteiger partial charge in [-0.1, -0.05) is 35.9 Å². The van der Waals surface area contributed by atoms with E-state index in [1.54, 1.807) is 17.0 Å². The molecule has 0 aromatic heterocycles. The highest BCUT2D eigenvalue weighted by molar-refractivity contribution is 6.35. The lowest BCUT2D eigenvalue weighted by atomic mass is 9.98. The van der Waals surface area contributed by atoms with Crippen molar-refractivity contribution in [3.8, 4) is 5.75 Å². The van der Waals surface area contributed by atoms with Gasteiger partial charge in [-0.3, -0.25) is 4.79 Å². The quantitative estimate of drug-likeness (QED) is 0.570. The summed E-state index contributed by atoms with van der Waals surface area (Å²) in [5, 5.41) is 2.31. The second-order valence-electron chi connectivity index (χ2n) is 7.27. The number of nitrogens with zero attached hydrogens (tertiary/aromatic N) is 2. The summed E-state index contributed by atoms with van der Waals surface area (Å²) in [6.45, 7) is 2.78. The largest absolute Gasteiger partial charge is 0.426 e. The Morgan fingerprint density at radius 3 is 2.41 bits per heavy atom. The van der Waals surface area contributed by atoms with E-state index in [2.05, 4.69) is 0 Å². The lowest BCUT2D eigenvalue weighted by Crippen LogP contribution is -2.48. The average Bonchev–Trinajstić information content (AvgIpc) is 3.24. The SMILES string of the molecule is O=C(Oc1ccc(Cl)c2ccccc12)C1CCCN(C(=O)N2CCCC2)C1. The maximum absolute atomic E-state index is 12.8. The predicted octanol–water partition coefficient (Wildman–Crippen LogP) is 4.33. The summed E-state index contributed by atoms with van der Waals surface area (Å²) in [7, 11) is 0. The van der Waals surface area contributed by atoms with Crippen LogP contribution >= 0.6 is 11.6 Å². The summed E-state index contributed by atoms with van der Waals surface area (Å²) >= 11 is 6.24. The van der Waals surface area contributed by atoms with Gasteiger partial charge in [-0.2, -0.15) is 0 Å². The number of benzene rings is 2. The molecule has 1 unspecified atom stereocenters. The average molecular weight is 387 g/mol. The van der Waals surface area contributed by atoms with Crippen molar-refractivity contribution in [2.24, 2.45) is 5.92 Å². The van der Waals surface area contributed by atoms with E-state index in [1.807, 2.05) is 29.2 Å². The van der Waals surface area contributed by atoms with Gasteiger partial charge in [-0.05, 0) is 37.8 Å². The van der Waals surface area contributed by atoms with Crippen LogP contribution in [-0.4, -0.2) is 48.0 Å². The molecule has 0 N–H and O–H groups in total. The van der Waals surface area contributed by atoms with Gasteiger partial charge < -0.3 is 14.5 Å². The first-order valence-corrected chi connectivity index (χ1v) is 9.94. The molecule has 142 valence electrons. The second-order valence-corrected chi connectivity index (χ2v) is 7.68. The van der Waals surface area contributed by atoms with Crippen molar-refractivity contribution >= 4 is 34.4 Å². The molecule has 5 nitrogen and oxygen atoms in total. The summed E-state index contributed by atoms with van der Waals surface area (Å²) in [6.07, 6.45) is 3.69. The monoisotopic (exact) mass is 386 g/mol. The Morgan fingerprint density at radius 1 is 0.926 bits per heavy atom. The smallest absolute Gasteiger partial charge is 0.320 e. The molecule has 0 saturated carbocycles. The van der Waals surface area contributed by atoms with E-state index in [0.717, 1.165) is 49.5 Å². The van der Waals surface area contributed by atoms with E-state index < -0.39 is 0 Å². The van der Waals surface area contributed by atoms with Crippen LogP contribution in [0.5, 0.6) is 5.75 Å². The lowest BCUT2D eigenvalue weighted by Gasteiger charge is -2.34. The first kappa shape index (κ1) is 18.1. The maximum Gasteiger partial charge on any atom is 0.320 e. The summed E-state index contributed by atoms with van der Waals surface area (Å²) < 4.78 is 5.73. The molecule has 1 atom stereocenters. The van der Waals surface area contributed by atoms with Gasteiger partial charge in [0.05, 0.1) is 5.92 Å². The number of carbonyl (C=O) groups is 2. The van der Waals surface area contributed by atoms with E-state index in [1.165, 1.54) is 0 Å². The van der Waals surface area contributed by atoms with Crippen molar-refractivity contribution in [3.05, 3.63) is 41.4 Å². The third-order valence-corrected chi connectivity index (χ3v) is 5.77. The Balaban J connectivity index is 1.47. The van der Waals surface area contributed by atoms with Gasteiger partial charge in [0.25, 0.3) is 0 Å². The molecule has 0 bridgehead atoms. The highest BCUT2D eigenvalue weighted by Crippen LogP contribution is 2.32. The molecular weight excluding hydrogens is 364 g/mol. The molecule has 2 aromatic carbocycles. The van der Waals surface area contributed by atoms with Crippen LogP contribution in [0.15, 0.2) is 36.4 Å². The molecule has 0 spiro atoms. The zero-order chi connectivity index (χ0) is 18.8. The minimum absolute atomic E-state index is 0.0574. The molecule has 2 saturated heterocycles. The van der Waals surface area contributed by atoms with Gasteiger partial charge in [0.15, 0.2) is 0 Å². The Bertz CT molecular complexity index is 864. The number of hydrogen-bond acceptors (Lipinski definition) is 3. The number of halogens is 1. The zero-order valence-electron chi connectivity index (χ0n) is 15.2. The van der Waals surface area contributed by atoms with Gasteiger partial charge >= 0.3 is 12.0 Å². The Labute approximate surface area is 163 Å². The lowest BCUT2D eigenvalue weighted by molar-refractivity contribution is -0.140. The van der Waals surface area contributed by atoms with Crippen LogP contribution in [0, 0.1) is 5.92 Å². The molecule has 6 heteroatoms. The molecule has 0 aliphatic carbocycles. The minimum Gasteiger partial charge on any atom is -0.426 e. The molecule has 2 aromatic rings. The number of carbonyl (C=O) groups excluding carboxylic acids is 2. The predicted molar refractivity (Wildman–Crippen MR) is 105 cm³/mol. The molecule has 0 radical (unpaired) electrons. The van der Waals surface area contributed by atoms with Gasteiger partial charge in [-0.25, -0.2) is 4.79 Å². The topological polar surface area (TPSA) is 49.9 Å². The van der Waals surface area contributed by atoms with E-state index >= 15 is 0 Å². The van der Waals surface area contributed by atoms with Crippen molar-refractivity contribution in [2.45, 2.75) is 25.7 Å². The van der Waals surface area contributed by atoms with Crippen LogP contribution in [0.2, 0.25) is 5.02 Å². The fraction of sp³-hybridized carbons (Fsp3) is 0.429. The number of esters is 1. The van der Waals surface area contributed by atoms with E-state index in [4.69, 9.17) is 16.3 Å². The number of likely N-dealkylation sites (tertiary alicyclic amines) is 2. The molecule has 4 rings (SSSR count). The van der Waals surface area contributed by atoms with Gasteiger partial charge in [0, 0.05) is 42.0 Å². The van der Waals surface area contributed by atoms with Gasteiger partial charge in [0.2, 0.25) is 0 Å². The summed E-state index contributed by atoms with van der Waals surface area (Å²) in [5.74, 6) is -0.0517. The first-order chi connectivity index (χ1) is 13.1. The van der Waals surface area contributed by atoms with Crippen LogP contribution in [0.4, 0.5) is 4.79 Å². The molecule has 2 aliphatic heterocycles. The molecule has 2 aliphatic rings. The fourth-order valence-corrected chi connectivity index (χ4v) is 4.19. The first-order valence-electron chi connectivity index (χ1n) is 9.56. The molecule has 2 heterocycles. The van der Waals surface area contributed by atoms with Crippen LogP contribution in [0.1, 0.15) is 25.7 Å². The zero-order valence-corrected chi connectivity index (χ0v) is 16.0. The molecule has 2 amide bonds. The maximum atomic E-state index is 12.8. The minimum atomic E-state index is -0.292. The van der Waals surface area contributed by atoms with Crippen LogP contribution < -0.4 is 4.74 Å². The molecule has 27 heavy (non-hydrogen) atoms. The number of ether oxygens (including phenoxy) is 1. The number of rotatable bonds is 2. The summed E-state index contributed by atoms with van der Waals surface area (Å²) in [4.78, 5) is 29.1. The highest BCUT2D eigenvalue weighted by Gasteiger charge is 2.32. The second kappa shape index (κ2) is 7.77. The summed E-state index contributed by atoms with van der Waals surface area (Å²) in [5.41, 5.74) is 0.